The van der Waals surface area contributed by atoms with E-state index in [4.69, 9.17) is 18.9 Å². The molecule has 2 rings (SSSR count). The first-order valence-corrected chi connectivity index (χ1v) is 9.79. The number of aliphatic hydroxyl groups excluding tert-OH is 1. The number of hydrogen-bond acceptors (Lipinski definition) is 6. The van der Waals surface area contributed by atoms with Crippen molar-refractivity contribution in [1.82, 2.24) is 0 Å². The third-order valence-corrected chi connectivity index (χ3v) is 4.74. The van der Waals surface area contributed by atoms with E-state index in [2.05, 4.69) is 32.6 Å². The number of ether oxygens (including phenoxy) is 4. The topological polar surface area (TPSA) is 74.2 Å². The summed E-state index contributed by atoms with van der Waals surface area (Å²) in [6.07, 6.45) is 0.144. The van der Waals surface area contributed by atoms with Gasteiger partial charge in [-0.2, -0.15) is 0 Å². The maximum atomic E-state index is 11.0. The molecule has 6 heteroatoms. The molecule has 0 amide bonds. The zero-order valence-electron chi connectivity index (χ0n) is 17.8. The summed E-state index contributed by atoms with van der Waals surface area (Å²) < 4.78 is 21.0. The van der Waals surface area contributed by atoms with Gasteiger partial charge in [-0.15, -0.1) is 0 Å². The van der Waals surface area contributed by atoms with E-state index in [1.807, 2.05) is 36.4 Å². The van der Waals surface area contributed by atoms with Crippen molar-refractivity contribution in [3.8, 4) is 11.5 Å². The molecule has 0 aromatic heterocycles. The molecule has 0 aliphatic rings. The number of carbonyl (C=O) groups is 1. The Morgan fingerprint density at radius 3 is 2.00 bits per heavy atom. The normalized spacial score (nSPS) is 12.1. The lowest BCUT2D eigenvalue weighted by Gasteiger charge is -2.26. The minimum Gasteiger partial charge on any atom is -0.491 e. The highest BCUT2D eigenvalue weighted by molar-refractivity contribution is 5.81. The Morgan fingerprint density at radius 1 is 0.967 bits per heavy atom. The van der Waals surface area contributed by atoms with E-state index >= 15 is 0 Å². The highest BCUT2D eigenvalue weighted by atomic mass is 16.5. The van der Waals surface area contributed by atoms with E-state index in [-0.39, 0.29) is 18.6 Å². The molecule has 0 aliphatic heterocycles. The molecule has 0 saturated carbocycles. The van der Waals surface area contributed by atoms with Gasteiger partial charge in [0, 0.05) is 18.6 Å². The zero-order valence-corrected chi connectivity index (χ0v) is 17.8. The van der Waals surface area contributed by atoms with Crippen molar-refractivity contribution < 1.29 is 28.8 Å². The Kier molecular flexibility index (Phi) is 8.89. The van der Waals surface area contributed by atoms with Gasteiger partial charge in [0.2, 0.25) is 0 Å². The molecular formula is C24H30O6. The van der Waals surface area contributed by atoms with Crippen molar-refractivity contribution in [2.24, 2.45) is 0 Å². The van der Waals surface area contributed by atoms with Gasteiger partial charge in [0.1, 0.15) is 37.4 Å². The molecule has 1 unspecified atom stereocenters. The van der Waals surface area contributed by atoms with Crippen LogP contribution in [0.4, 0.5) is 0 Å². The van der Waals surface area contributed by atoms with Crippen molar-refractivity contribution in [1.29, 1.82) is 0 Å². The van der Waals surface area contributed by atoms with Crippen LogP contribution >= 0.6 is 0 Å². The van der Waals surface area contributed by atoms with E-state index in [9.17, 15) is 9.90 Å². The van der Waals surface area contributed by atoms with Gasteiger partial charge in [-0.3, -0.25) is 0 Å². The minimum atomic E-state index is -0.908. The van der Waals surface area contributed by atoms with Crippen LogP contribution in [0.25, 0.3) is 0 Å². The van der Waals surface area contributed by atoms with E-state index in [1.165, 1.54) is 0 Å². The van der Waals surface area contributed by atoms with Crippen molar-refractivity contribution in [3.63, 3.8) is 0 Å². The number of aliphatic hydroxyl groups is 1. The average Bonchev–Trinajstić information content (AvgIpc) is 2.76. The summed E-state index contributed by atoms with van der Waals surface area (Å²) in [5.41, 5.74) is 2.08. The fourth-order valence-corrected chi connectivity index (χ4v) is 2.82. The van der Waals surface area contributed by atoms with E-state index in [0.717, 1.165) is 23.0 Å². The summed E-state index contributed by atoms with van der Waals surface area (Å²) in [5.74, 6) is 0.869. The maximum absolute atomic E-state index is 11.0. The van der Waals surface area contributed by atoms with Crippen LogP contribution in [0.15, 0.2) is 61.2 Å². The van der Waals surface area contributed by atoms with Crippen molar-refractivity contribution in [2.75, 3.05) is 33.5 Å². The quantitative estimate of drug-likeness (QED) is 0.326. The summed E-state index contributed by atoms with van der Waals surface area (Å²) in [6, 6.07) is 15.8. The van der Waals surface area contributed by atoms with Crippen LogP contribution in [0, 0.1) is 0 Å². The van der Waals surface area contributed by atoms with Crippen LogP contribution in [-0.2, 0) is 19.7 Å². The predicted molar refractivity (Wildman–Crippen MR) is 115 cm³/mol. The molecule has 0 radical (unpaired) electrons. The molecule has 0 heterocycles. The molecule has 0 fully saturated rings. The number of esters is 1. The van der Waals surface area contributed by atoms with Crippen LogP contribution in [-0.4, -0.2) is 50.7 Å². The molecule has 0 spiro atoms. The van der Waals surface area contributed by atoms with Crippen molar-refractivity contribution in [3.05, 3.63) is 72.3 Å². The third-order valence-electron chi connectivity index (χ3n) is 4.74. The molecule has 30 heavy (non-hydrogen) atoms. The summed E-state index contributed by atoms with van der Waals surface area (Å²) >= 11 is 0. The van der Waals surface area contributed by atoms with Crippen LogP contribution in [0.2, 0.25) is 0 Å². The fourth-order valence-electron chi connectivity index (χ4n) is 2.82. The Hall–Kier alpha value is -2.83. The van der Waals surface area contributed by atoms with Gasteiger partial charge in [-0.25, -0.2) is 4.79 Å². The Morgan fingerprint density at radius 2 is 1.50 bits per heavy atom. The first-order valence-electron chi connectivity index (χ1n) is 9.79. The number of carbonyl (C=O) groups excluding carboxylic acids is 1. The molecule has 2 aromatic rings. The monoisotopic (exact) mass is 414 g/mol. The van der Waals surface area contributed by atoms with Crippen LogP contribution < -0.4 is 9.47 Å². The molecule has 1 N–H and O–H groups in total. The molecule has 0 saturated heterocycles. The zero-order chi connectivity index (χ0) is 22.0. The first kappa shape index (κ1) is 23.4. The summed E-state index contributed by atoms with van der Waals surface area (Å²) in [6.45, 7) is 8.57. The van der Waals surface area contributed by atoms with Crippen LogP contribution in [0.5, 0.6) is 11.5 Å². The van der Waals surface area contributed by atoms with Gasteiger partial charge < -0.3 is 24.1 Å². The lowest BCUT2D eigenvalue weighted by Crippen LogP contribution is -2.24. The Bertz CT molecular complexity index is 795. The SMILES string of the molecule is C=CC(=O)OCC(O)COc1ccc(C(C)(C)c2ccc(OCCOC)cc2)cc1. The summed E-state index contributed by atoms with van der Waals surface area (Å²) in [7, 11) is 1.65. The molecule has 2 aromatic carbocycles. The van der Waals surface area contributed by atoms with E-state index in [1.54, 1.807) is 7.11 Å². The average molecular weight is 414 g/mol. The predicted octanol–water partition coefficient (Wildman–Crippen LogP) is 3.51. The fraction of sp³-hybridized carbons (Fsp3) is 0.375. The largest absolute Gasteiger partial charge is 0.491 e. The standard InChI is InChI=1S/C24H30O6/c1-5-23(26)30-17-20(25)16-29-22-12-8-19(9-13-22)24(2,3)18-6-10-21(11-7-18)28-15-14-27-4/h5-13,20,25H,1,14-17H2,2-4H3. The number of methoxy groups -OCH3 is 1. The second kappa shape index (κ2) is 11.4. The summed E-state index contributed by atoms with van der Waals surface area (Å²) in [5, 5.41) is 9.82. The van der Waals surface area contributed by atoms with Crippen molar-refractivity contribution >= 4 is 5.97 Å². The molecule has 0 bridgehead atoms. The second-order valence-electron chi connectivity index (χ2n) is 7.31. The van der Waals surface area contributed by atoms with Gasteiger partial charge in [0.05, 0.1) is 6.61 Å². The first-order chi connectivity index (χ1) is 14.4. The summed E-state index contributed by atoms with van der Waals surface area (Å²) in [4.78, 5) is 11.0. The molecule has 0 aliphatic carbocycles. The highest BCUT2D eigenvalue weighted by Crippen LogP contribution is 2.33. The molecule has 162 valence electrons. The lowest BCUT2D eigenvalue weighted by molar-refractivity contribution is -0.141. The van der Waals surface area contributed by atoms with Crippen molar-refractivity contribution in [2.45, 2.75) is 25.4 Å². The molecule has 1 atom stereocenters. The Labute approximate surface area is 178 Å². The van der Waals surface area contributed by atoms with Gasteiger partial charge in [0.15, 0.2) is 0 Å². The van der Waals surface area contributed by atoms with Gasteiger partial charge >= 0.3 is 5.97 Å². The lowest BCUT2D eigenvalue weighted by atomic mass is 9.78. The third kappa shape index (κ3) is 6.90. The number of benzene rings is 2. The number of hydrogen-bond donors (Lipinski definition) is 1. The maximum Gasteiger partial charge on any atom is 0.330 e. The highest BCUT2D eigenvalue weighted by Gasteiger charge is 2.23. The van der Waals surface area contributed by atoms with E-state index < -0.39 is 12.1 Å². The molecule has 6 nitrogen and oxygen atoms in total. The van der Waals surface area contributed by atoms with Crippen LogP contribution in [0.3, 0.4) is 0 Å². The molecular weight excluding hydrogens is 384 g/mol. The van der Waals surface area contributed by atoms with Gasteiger partial charge in [-0.05, 0) is 35.4 Å². The van der Waals surface area contributed by atoms with E-state index in [0.29, 0.717) is 19.0 Å². The Balaban J connectivity index is 1.93. The second-order valence-corrected chi connectivity index (χ2v) is 7.31. The minimum absolute atomic E-state index is 0.0255. The van der Waals surface area contributed by atoms with Gasteiger partial charge in [0.25, 0.3) is 0 Å². The smallest absolute Gasteiger partial charge is 0.330 e. The van der Waals surface area contributed by atoms with Gasteiger partial charge in [-0.1, -0.05) is 44.7 Å². The number of rotatable bonds is 12. The van der Waals surface area contributed by atoms with Crippen LogP contribution in [0.1, 0.15) is 25.0 Å².